The van der Waals surface area contributed by atoms with Crippen LogP contribution < -0.4 is 10.6 Å². The van der Waals surface area contributed by atoms with Gasteiger partial charge in [-0.2, -0.15) is 0 Å². The second kappa shape index (κ2) is 11.1. The number of carboxylic acids is 1. The number of aldehydes is 1. The highest BCUT2D eigenvalue weighted by Crippen LogP contribution is 2.44. The van der Waals surface area contributed by atoms with Crippen molar-refractivity contribution in [3.05, 3.63) is 53.6 Å². The Morgan fingerprint density at radius 2 is 1.80 bits per heavy atom. The third kappa shape index (κ3) is 6.26. The molecule has 2 aromatic carbocycles. The van der Waals surface area contributed by atoms with Gasteiger partial charge in [-0.3, -0.25) is 0 Å². The average molecular weight is 429 g/mol. The second-order valence-electron chi connectivity index (χ2n) is 7.78. The summed E-state index contributed by atoms with van der Waals surface area (Å²) in [6.07, 6.45) is 6.50. The molecule has 1 fully saturated rings. The number of aromatic carboxylic acids is 1. The number of carbonyl (C=O) groups excluding carboxylic acids is 1. The molecule has 0 amide bonds. The molecule has 1 saturated carbocycles. The summed E-state index contributed by atoms with van der Waals surface area (Å²) in [6.45, 7) is 3.73. The smallest absolute Gasteiger partial charge is 0.335 e. The van der Waals surface area contributed by atoms with E-state index in [4.69, 9.17) is 15.6 Å². The summed E-state index contributed by atoms with van der Waals surface area (Å²) in [6, 6.07) is 14.0. The number of hydrogen-bond donors (Lipinski definition) is 2. The Morgan fingerprint density at radius 1 is 1.20 bits per heavy atom. The predicted octanol–water partition coefficient (Wildman–Crippen LogP) is 4.99. The van der Waals surface area contributed by atoms with Crippen LogP contribution in [0.2, 0.25) is 0 Å². The van der Waals surface area contributed by atoms with E-state index in [1.54, 1.807) is 17.8 Å². The SMILES string of the molecule is CC1Cc2cc(C(=O)O)ccc2N(C)[C@H]1C1CC1.CC=O.CSc1ccc(N)cc1. The van der Waals surface area contributed by atoms with Crippen LogP contribution in [0.15, 0.2) is 47.4 Å². The average Bonchev–Trinajstić information content (AvgIpc) is 3.54. The molecule has 0 bridgehead atoms. The van der Waals surface area contributed by atoms with Gasteiger partial charge in [0, 0.05) is 29.4 Å². The van der Waals surface area contributed by atoms with Crippen molar-refractivity contribution in [3.8, 4) is 0 Å². The van der Waals surface area contributed by atoms with Gasteiger partial charge in [0.2, 0.25) is 0 Å². The van der Waals surface area contributed by atoms with Crippen LogP contribution in [0.25, 0.3) is 0 Å². The third-order valence-corrected chi connectivity index (χ3v) is 6.24. The van der Waals surface area contributed by atoms with E-state index in [2.05, 4.69) is 18.9 Å². The van der Waals surface area contributed by atoms with Crippen LogP contribution in [0, 0.1) is 11.8 Å². The van der Waals surface area contributed by atoms with Crippen LogP contribution >= 0.6 is 11.8 Å². The molecule has 162 valence electrons. The van der Waals surface area contributed by atoms with Crippen LogP contribution in [-0.4, -0.2) is 36.7 Å². The monoisotopic (exact) mass is 428 g/mol. The summed E-state index contributed by atoms with van der Waals surface area (Å²) >= 11 is 1.72. The molecule has 2 aliphatic rings. The maximum absolute atomic E-state index is 11.0. The number of rotatable bonds is 3. The number of anilines is 2. The third-order valence-electron chi connectivity index (χ3n) is 5.50. The Labute approximate surface area is 183 Å². The molecule has 0 radical (unpaired) electrons. The zero-order valence-electron chi connectivity index (χ0n) is 18.2. The van der Waals surface area contributed by atoms with Gasteiger partial charge >= 0.3 is 5.97 Å². The van der Waals surface area contributed by atoms with E-state index >= 15 is 0 Å². The minimum atomic E-state index is -0.836. The summed E-state index contributed by atoms with van der Waals surface area (Å²) in [4.78, 5) is 23.4. The van der Waals surface area contributed by atoms with Crippen LogP contribution in [0.4, 0.5) is 11.4 Å². The fourth-order valence-corrected chi connectivity index (χ4v) is 4.47. The van der Waals surface area contributed by atoms with Gasteiger partial charge in [-0.05, 0) is 92.3 Å². The summed E-state index contributed by atoms with van der Waals surface area (Å²) in [5.41, 5.74) is 9.10. The second-order valence-corrected chi connectivity index (χ2v) is 8.66. The highest BCUT2D eigenvalue weighted by atomic mass is 32.2. The van der Waals surface area contributed by atoms with Gasteiger partial charge in [-0.1, -0.05) is 6.92 Å². The van der Waals surface area contributed by atoms with Crippen molar-refractivity contribution in [2.75, 3.05) is 23.9 Å². The number of fused-ring (bicyclic) bond motifs is 1. The first-order chi connectivity index (χ1) is 14.3. The summed E-state index contributed by atoms with van der Waals surface area (Å²) in [7, 11) is 2.15. The largest absolute Gasteiger partial charge is 0.478 e. The summed E-state index contributed by atoms with van der Waals surface area (Å²) in [5, 5.41) is 9.05. The van der Waals surface area contributed by atoms with Gasteiger partial charge < -0.3 is 20.5 Å². The number of carbonyl (C=O) groups is 2. The first-order valence-corrected chi connectivity index (χ1v) is 11.4. The number of thioether (sulfide) groups is 1. The van der Waals surface area contributed by atoms with E-state index in [1.807, 2.05) is 42.7 Å². The fourth-order valence-electron chi connectivity index (χ4n) is 4.06. The first kappa shape index (κ1) is 23.8. The molecular weight excluding hydrogens is 396 g/mol. The Bertz CT molecular complexity index is 850. The zero-order chi connectivity index (χ0) is 22.3. The zero-order valence-corrected chi connectivity index (χ0v) is 19.0. The maximum Gasteiger partial charge on any atom is 0.335 e. The van der Waals surface area contributed by atoms with Gasteiger partial charge in [0.15, 0.2) is 0 Å². The number of benzene rings is 2. The molecule has 1 unspecified atom stereocenters. The van der Waals surface area contributed by atoms with E-state index in [-0.39, 0.29) is 0 Å². The molecule has 1 aliphatic carbocycles. The molecule has 5 nitrogen and oxygen atoms in total. The molecular formula is C24H32N2O3S. The molecule has 4 rings (SSSR count). The Hall–Kier alpha value is -2.47. The fraction of sp³-hybridized carbons (Fsp3) is 0.417. The lowest BCUT2D eigenvalue weighted by atomic mass is 9.84. The van der Waals surface area contributed by atoms with E-state index < -0.39 is 5.97 Å². The summed E-state index contributed by atoms with van der Waals surface area (Å²) < 4.78 is 0. The van der Waals surface area contributed by atoms with Gasteiger partial charge in [-0.15, -0.1) is 11.8 Å². The van der Waals surface area contributed by atoms with Crippen molar-refractivity contribution in [1.29, 1.82) is 0 Å². The normalized spacial score (nSPS) is 19.4. The highest BCUT2D eigenvalue weighted by molar-refractivity contribution is 7.98. The molecule has 30 heavy (non-hydrogen) atoms. The van der Waals surface area contributed by atoms with Crippen LogP contribution in [-0.2, 0) is 11.2 Å². The number of nitrogens with two attached hydrogens (primary N) is 1. The molecule has 0 spiro atoms. The first-order valence-electron chi connectivity index (χ1n) is 10.2. The number of nitrogen functional groups attached to an aromatic ring is 1. The molecule has 0 saturated heterocycles. The topological polar surface area (TPSA) is 83.6 Å². The van der Waals surface area contributed by atoms with Gasteiger partial charge in [0.05, 0.1) is 5.56 Å². The van der Waals surface area contributed by atoms with E-state index in [0.717, 1.165) is 24.3 Å². The van der Waals surface area contributed by atoms with E-state index in [9.17, 15) is 4.79 Å². The van der Waals surface area contributed by atoms with Crippen LogP contribution in [0.5, 0.6) is 0 Å². The Kier molecular flexibility index (Phi) is 8.78. The van der Waals surface area contributed by atoms with Crippen molar-refractivity contribution >= 4 is 35.4 Å². The van der Waals surface area contributed by atoms with Crippen molar-refractivity contribution in [3.63, 3.8) is 0 Å². The van der Waals surface area contributed by atoms with E-state index in [1.165, 1.54) is 35.9 Å². The lowest BCUT2D eigenvalue weighted by Crippen LogP contribution is -2.43. The van der Waals surface area contributed by atoms with Gasteiger partial charge in [0.25, 0.3) is 0 Å². The predicted molar refractivity (Wildman–Crippen MR) is 126 cm³/mol. The van der Waals surface area contributed by atoms with Crippen molar-refractivity contribution in [2.45, 2.75) is 44.0 Å². The van der Waals surface area contributed by atoms with Gasteiger partial charge in [0.1, 0.15) is 6.29 Å². The van der Waals surface area contributed by atoms with Crippen molar-refractivity contribution < 1.29 is 14.7 Å². The number of nitrogens with zero attached hydrogens (tertiary/aromatic N) is 1. The standard InChI is InChI=1S/C15H19NO2.C7H9NS.C2H4O/c1-9-7-12-8-11(15(17)18)5-6-13(12)16(2)14(9)10-3-4-10;1-9-7-4-2-6(8)3-5-7;1-2-3/h5-6,8-10,14H,3-4,7H2,1-2H3,(H,17,18);2-5H,8H2,1H3;2H,1H3/t9?,14-;;/m1../s1. The van der Waals surface area contributed by atoms with Gasteiger partial charge in [-0.25, -0.2) is 4.79 Å². The minimum absolute atomic E-state index is 0.402. The minimum Gasteiger partial charge on any atom is -0.478 e. The number of hydrogen-bond acceptors (Lipinski definition) is 5. The molecule has 2 aromatic rings. The lowest BCUT2D eigenvalue weighted by molar-refractivity contribution is -0.106. The van der Waals surface area contributed by atoms with E-state index in [0.29, 0.717) is 17.5 Å². The summed E-state index contributed by atoms with van der Waals surface area (Å²) in [5.74, 6) is 0.619. The molecule has 2 atom stereocenters. The Balaban J connectivity index is 0.000000224. The molecule has 0 aromatic heterocycles. The molecule has 1 aliphatic heterocycles. The molecule has 6 heteroatoms. The quantitative estimate of drug-likeness (QED) is 0.407. The molecule has 1 heterocycles. The number of carboxylic acid groups (broad SMARTS) is 1. The lowest BCUT2D eigenvalue weighted by Gasteiger charge is -2.41. The molecule has 3 N–H and O–H groups in total. The van der Waals surface area contributed by atoms with Crippen molar-refractivity contribution in [2.24, 2.45) is 11.8 Å². The maximum atomic E-state index is 11.0. The van der Waals surface area contributed by atoms with Crippen molar-refractivity contribution in [1.82, 2.24) is 0 Å². The van der Waals surface area contributed by atoms with Crippen LogP contribution in [0.3, 0.4) is 0 Å². The van der Waals surface area contributed by atoms with Crippen LogP contribution in [0.1, 0.15) is 42.6 Å². The Morgan fingerprint density at radius 3 is 2.30 bits per heavy atom. The highest BCUT2D eigenvalue weighted by Gasteiger charge is 2.40.